The SMILES string of the molecule is CCSCCNC(=O)CCC(=O)O. The number of hydrogen-bond donors (Lipinski definition) is 2. The minimum atomic E-state index is -0.932. The second-order valence-corrected chi connectivity index (χ2v) is 3.83. The van der Waals surface area contributed by atoms with Gasteiger partial charge in [0.15, 0.2) is 0 Å². The third kappa shape index (κ3) is 9.20. The molecule has 13 heavy (non-hydrogen) atoms. The number of hydrogen-bond acceptors (Lipinski definition) is 3. The molecule has 4 nitrogen and oxygen atoms in total. The quantitative estimate of drug-likeness (QED) is 0.601. The second kappa shape index (κ2) is 7.91. The average Bonchev–Trinajstić information content (AvgIpc) is 2.09. The zero-order chi connectivity index (χ0) is 10.1. The van der Waals surface area contributed by atoms with Crippen molar-refractivity contribution in [1.82, 2.24) is 5.32 Å². The number of carbonyl (C=O) groups is 2. The highest BCUT2D eigenvalue weighted by Crippen LogP contribution is 1.95. The molecular formula is C8H15NO3S. The van der Waals surface area contributed by atoms with Gasteiger partial charge in [-0.15, -0.1) is 0 Å². The fourth-order valence-electron chi connectivity index (χ4n) is 0.716. The molecule has 0 aromatic heterocycles. The van der Waals surface area contributed by atoms with Gasteiger partial charge in [-0.3, -0.25) is 9.59 Å². The summed E-state index contributed by atoms with van der Waals surface area (Å²) in [4.78, 5) is 21.0. The first-order valence-corrected chi connectivity index (χ1v) is 5.38. The van der Waals surface area contributed by atoms with Crippen molar-refractivity contribution in [3.05, 3.63) is 0 Å². The Hall–Kier alpha value is -0.710. The maximum atomic E-state index is 10.9. The smallest absolute Gasteiger partial charge is 0.303 e. The fourth-order valence-corrected chi connectivity index (χ4v) is 1.25. The van der Waals surface area contributed by atoms with E-state index in [1.54, 1.807) is 11.8 Å². The Kier molecular flexibility index (Phi) is 7.48. The van der Waals surface area contributed by atoms with Gasteiger partial charge in [0.25, 0.3) is 0 Å². The Morgan fingerprint density at radius 3 is 2.62 bits per heavy atom. The van der Waals surface area contributed by atoms with Gasteiger partial charge in [-0.2, -0.15) is 11.8 Å². The molecule has 0 heterocycles. The number of amides is 1. The van der Waals surface area contributed by atoms with E-state index in [1.165, 1.54) is 0 Å². The molecule has 1 amide bonds. The Bertz CT molecular complexity index is 173. The lowest BCUT2D eigenvalue weighted by Gasteiger charge is -2.02. The topological polar surface area (TPSA) is 66.4 Å². The van der Waals surface area contributed by atoms with Crippen LogP contribution in [0, 0.1) is 0 Å². The normalized spacial score (nSPS) is 9.62. The molecule has 0 aromatic rings. The van der Waals surface area contributed by atoms with Crippen LogP contribution in [-0.2, 0) is 9.59 Å². The zero-order valence-electron chi connectivity index (χ0n) is 7.71. The standard InChI is InChI=1S/C8H15NO3S/c1-2-13-6-5-9-7(10)3-4-8(11)12/h2-6H2,1H3,(H,9,10)(H,11,12). The maximum absolute atomic E-state index is 10.9. The predicted octanol–water partition coefficient (Wildman–Crippen LogP) is 0.720. The van der Waals surface area contributed by atoms with Crippen molar-refractivity contribution < 1.29 is 14.7 Å². The lowest BCUT2D eigenvalue weighted by atomic mass is 10.3. The Balaban J connectivity index is 3.25. The minimum Gasteiger partial charge on any atom is -0.481 e. The van der Waals surface area contributed by atoms with E-state index in [4.69, 9.17) is 5.11 Å². The third-order valence-corrected chi connectivity index (χ3v) is 2.24. The van der Waals surface area contributed by atoms with Crippen LogP contribution in [0.5, 0.6) is 0 Å². The number of carbonyl (C=O) groups excluding carboxylic acids is 1. The lowest BCUT2D eigenvalue weighted by Crippen LogP contribution is -2.26. The van der Waals surface area contributed by atoms with Crippen molar-refractivity contribution in [3.8, 4) is 0 Å². The second-order valence-electron chi connectivity index (χ2n) is 2.44. The summed E-state index contributed by atoms with van der Waals surface area (Å²) in [6.07, 6.45) is -0.0150. The van der Waals surface area contributed by atoms with Gasteiger partial charge in [-0.05, 0) is 5.75 Å². The number of thioether (sulfide) groups is 1. The number of nitrogens with one attached hydrogen (secondary N) is 1. The molecule has 0 fully saturated rings. The molecule has 5 heteroatoms. The fraction of sp³-hybridized carbons (Fsp3) is 0.750. The third-order valence-electron chi connectivity index (χ3n) is 1.34. The summed E-state index contributed by atoms with van der Waals surface area (Å²) < 4.78 is 0. The van der Waals surface area contributed by atoms with Gasteiger partial charge in [0.1, 0.15) is 0 Å². The van der Waals surface area contributed by atoms with Gasteiger partial charge >= 0.3 is 5.97 Å². The van der Waals surface area contributed by atoms with Crippen molar-refractivity contribution in [2.75, 3.05) is 18.1 Å². The van der Waals surface area contributed by atoms with Crippen LogP contribution >= 0.6 is 11.8 Å². The Morgan fingerprint density at radius 2 is 2.08 bits per heavy atom. The highest BCUT2D eigenvalue weighted by atomic mass is 32.2. The molecule has 0 aliphatic carbocycles. The summed E-state index contributed by atoms with van der Waals surface area (Å²) in [7, 11) is 0. The van der Waals surface area contributed by atoms with E-state index in [9.17, 15) is 9.59 Å². The van der Waals surface area contributed by atoms with Crippen molar-refractivity contribution in [1.29, 1.82) is 0 Å². The van der Waals surface area contributed by atoms with Crippen LogP contribution in [0.3, 0.4) is 0 Å². The van der Waals surface area contributed by atoms with Gasteiger partial charge < -0.3 is 10.4 Å². The van der Waals surface area contributed by atoms with Gasteiger partial charge in [0, 0.05) is 18.7 Å². The number of rotatable bonds is 7. The molecule has 0 aliphatic rings. The summed E-state index contributed by atoms with van der Waals surface area (Å²) in [6.45, 7) is 2.67. The van der Waals surface area contributed by atoms with Crippen molar-refractivity contribution in [3.63, 3.8) is 0 Å². The maximum Gasteiger partial charge on any atom is 0.303 e. The van der Waals surface area contributed by atoms with Crippen LogP contribution in [0.1, 0.15) is 19.8 Å². The van der Waals surface area contributed by atoms with Gasteiger partial charge in [0.05, 0.1) is 6.42 Å². The molecule has 76 valence electrons. The summed E-state index contributed by atoms with van der Waals surface area (Å²) in [5.74, 6) is 0.803. The van der Waals surface area contributed by atoms with E-state index < -0.39 is 5.97 Å². The summed E-state index contributed by atoms with van der Waals surface area (Å²) in [6, 6.07) is 0. The first kappa shape index (κ1) is 12.3. The molecule has 0 radical (unpaired) electrons. The van der Waals surface area contributed by atoms with E-state index in [0.29, 0.717) is 6.54 Å². The number of carboxylic acid groups (broad SMARTS) is 1. The molecule has 0 rings (SSSR count). The molecule has 0 aliphatic heterocycles. The van der Waals surface area contributed by atoms with E-state index in [-0.39, 0.29) is 18.7 Å². The number of carboxylic acids is 1. The zero-order valence-corrected chi connectivity index (χ0v) is 8.52. The minimum absolute atomic E-state index is 0.0755. The van der Waals surface area contributed by atoms with Gasteiger partial charge in [-0.25, -0.2) is 0 Å². The molecule has 0 atom stereocenters. The van der Waals surface area contributed by atoms with Crippen LogP contribution in [0.25, 0.3) is 0 Å². The molecular weight excluding hydrogens is 190 g/mol. The first-order valence-electron chi connectivity index (χ1n) is 4.23. The highest BCUT2D eigenvalue weighted by molar-refractivity contribution is 7.99. The summed E-state index contributed by atoms with van der Waals surface area (Å²) in [5, 5.41) is 10.9. The molecule has 0 unspecified atom stereocenters. The van der Waals surface area contributed by atoms with Crippen LogP contribution in [0.15, 0.2) is 0 Å². The van der Waals surface area contributed by atoms with E-state index in [1.807, 2.05) is 0 Å². The number of aliphatic carboxylic acids is 1. The molecule has 2 N–H and O–H groups in total. The predicted molar refractivity (Wildman–Crippen MR) is 52.9 cm³/mol. The molecule has 0 aromatic carbocycles. The largest absolute Gasteiger partial charge is 0.481 e. The van der Waals surface area contributed by atoms with Gasteiger partial charge in [0.2, 0.25) is 5.91 Å². The van der Waals surface area contributed by atoms with Crippen molar-refractivity contribution in [2.24, 2.45) is 0 Å². The first-order chi connectivity index (χ1) is 6.16. The van der Waals surface area contributed by atoms with Crippen LogP contribution < -0.4 is 5.32 Å². The van der Waals surface area contributed by atoms with Crippen LogP contribution in [0.4, 0.5) is 0 Å². The molecule has 0 spiro atoms. The van der Waals surface area contributed by atoms with E-state index >= 15 is 0 Å². The van der Waals surface area contributed by atoms with Crippen molar-refractivity contribution in [2.45, 2.75) is 19.8 Å². The van der Waals surface area contributed by atoms with E-state index in [0.717, 1.165) is 11.5 Å². The summed E-state index contributed by atoms with van der Waals surface area (Å²) >= 11 is 1.74. The van der Waals surface area contributed by atoms with Crippen LogP contribution in [-0.4, -0.2) is 35.0 Å². The summed E-state index contributed by atoms with van der Waals surface area (Å²) in [5.41, 5.74) is 0. The monoisotopic (exact) mass is 205 g/mol. The average molecular weight is 205 g/mol. The Labute approximate surface area is 82.1 Å². The highest BCUT2D eigenvalue weighted by Gasteiger charge is 2.03. The molecule has 0 saturated carbocycles. The lowest BCUT2D eigenvalue weighted by molar-refractivity contribution is -0.138. The van der Waals surface area contributed by atoms with Crippen LogP contribution in [0.2, 0.25) is 0 Å². The van der Waals surface area contributed by atoms with Crippen molar-refractivity contribution >= 4 is 23.6 Å². The van der Waals surface area contributed by atoms with E-state index in [2.05, 4.69) is 12.2 Å². The Morgan fingerprint density at radius 1 is 1.38 bits per heavy atom. The molecule has 0 saturated heterocycles. The molecule has 0 bridgehead atoms. The van der Waals surface area contributed by atoms with Gasteiger partial charge in [-0.1, -0.05) is 6.92 Å².